The van der Waals surface area contributed by atoms with Gasteiger partial charge in [0.1, 0.15) is 0 Å². The summed E-state index contributed by atoms with van der Waals surface area (Å²) in [6.45, 7) is 6.08. The minimum atomic E-state index is 1.05. The second-order valence-corrected chi connectivity index (χ2v) is 4.88. The van der Waals surface area contributed by atoms with E-state index in [1.807, 2.05) is 0 Å². The minimum absolute atomic E-state index is 1.05. The number of ether oxygens (including phenoxy) is 1. The molecule has 2 aromatic carbocycles. The van der Waals surface area contributed by atoms with Crippen LogP contribution in [0.5, 0.6) is 0 Å². The van der Waals surface area contributed by atoms with Gasteiger partial charge in [0.2, 0.25) is 0 Å². The first-order valence-electron chi connectivity index (χ1n) is 6.45. The Morgan fingerprint density at radius 2 is 1.95 bits per heavy atom. The maximum Gasteiger partial charge on any atom is 0.0351 e. The molecule has 98 valence electrons. The highest BCUT2D eigenvalue weighted by molar-refractivity contribution is 5.97. The van der Waals surface area contributed by atoms with E-state index in [0.29, 0.717) is 0 Å². The Morgan fingerprint density at radius 3 is 2.63 bits per heavy atom. The molecule has 1 nitrogen and oxygen atoms in total. The fourth-order valence-electron chi connectivity index (χ4n) is 2.40. The summed E-state index contributed by atoms with van der Waals surface area (Å²) in [5.74, 6) is 0. The van der Waals surface area contributed by atoms with Crippen molar-refractivity contribution in [1.82, 2.24) is 0 Å². The zero-order chi connectivity index (χ0) is 13.8. The van der Waals surface area contributed by atoms with Gasteiger partial charge in [-0.15, -0.1) is 0 Å². The Kier molecular flexibility index (Phi) is 4.18. The van der Waals surface area contributed by atoms with Gasteiger partial charge in [-0.1, -0.05) is 42.5 Å². The van der Waals surface area contributed by atoms with Crippen molar-refractivity contribution in [1.29, 1.82) is 0 Å². The first-order chi connectivity index (χ1) is 9.17. The summed E-state index contributed by atoms with van der Waals surface area (Å²) >= 11 is 0. The summed E-state index contributed by atoms with van der Waals surface area (Å²) in [6, 6.07) is 11.0. The maximum absolute atomic E-state index is 4.25. The van der Waals surface area contributed by atoms with Crippen molar-refractivity contribution < 1.29 is 4.74 Å². The molecule has 19 heavy (non-hydrogen) atoms. The van der Waals surface area contributed by atoms with Gasteiger partial charge in [0, 0.05) is 14.2 Å². The molecule has 1 aliphatic rings. The number of allylic oxidation sites excluding steroid dienone is 2. The summed E-state index contributed by atoms with van der Waals surface area (Å²) < 4.78 is 4.25. The van der Waals surface area contributed by atoms with Crippen molar-refractivity contribution in [3.05, 3.63) is 59.7 Å². The van der Waals surface area contributed by atoms with Crippen LogP contribution in [0, 0.1) is 0 Å². The smallest absolute Gasteiger partial charge is 0.0351 e. The molecule has 0 radical (unpaired) electrons. The lowest BCUT2D eigenvalue weighted by atomic mass is 9.90. The highest BCUT2D eigenvalue weighted by Crippen LogP contribution is 2.31. The molecule has 0 amide bonds. The zero-order valence-electron chi connectivity index (χ0n) is 11.9. The largest absolute Gasteiger partial charge is 0.388 e. The molecule has 0 N–H and O–H groups in total. The number of hydrogen-bond donors (Lipinski definition) is 0. The minimum Gasteiger partial charge on any atom is -0.388 e. The van der Waals surface area contributed by atoms with E-state index in [0.717, 1.165) is 12.0 Å². The first kappa shape index (κ1) is 13.6. The molecule has 0 bridgehead atoms. The Bertz CT molecular complexity index is 635. The van der Waals surface area contributed by atoms with E-state index < -0.39 is 0 Å². The van der Waals surface area contributed by atoms with Gasteiger partial charge in [-0.05, 0) is 52.9 Å². The van der Waals surface area contributed by atoms with Gasteiger partial charge in [0.25, 0.3) is 0 Å². The Morgan fingerprint density at radius 1 is 1.21 bits per heavy atom. The second kappa shape index (κ2) is 5.85. The van der Waals surface area contributed by atoms with Gasteiger partial charge in [-0.3, -0.25) is 0 Å². The summed E-state index contributed by atoms with van der Waals surface area (Å²) in [7, 11) is 3.25. The maximum atomic E-state index is 4.25. The third kappa shape index (κ3) is 2.77. The average molecular weight is 252 g/mol. The Hall–Kier alpha value is -1.86. The SMILES string of the molecule is C=C(C)c1cc2c3c(cccc3c1)CC=C2.COC. The normalized spacial score (nSPS) is 11.9. The molecular weight excluding hydrogens is 232 g/mol. The quantitative estimate of drug-likeness (QED) is 0.714. The summed E-state index contributed by atoms with van der Waals surface area (Å²) in [5, 5.41) is 2.74. The summed E-state index contributed by atoms with van der Waals surface area (Å²) in [6.07, 6.45) is 5.51. The third-order valence-corrected chi connectivity index (χ3v) is 3.22. The monoisotopic (exact) mass is 252 g/mol. The van der Waals surface area contributed by atoms with E-state index in [1.165, 1.54) is 27.5 Å². The lowest BCUT2D eigenvalue weighted by Crippen LogP contribution is -1.94. The Labute approximate surface area is 115 Å². The molecule has 0 aromatic heterocycles. The Balaban J connectivity index is 0.000000408. The first-order valence-corrected chi connectivity index (χ1v) is 6.45. The van der Waals surface area contributed by atoms with Crippen molar-refractivity contribution >= 4 is 22.4 Å². The average Bonchev–Trinajstić information content (AvgIpc) is 2.40. The van der Waals surface area contributed by atoms with Gasteiger partial charge in [-0.25, -0.2) is 0 Å². The van der Waals surface area contributed by atoms with Gasteiger partial charge in [-0.2, -0.15) is 0 Å². The number of rotatable bonds is 1. The van der Waals surface area contributed by atoms with Crippen LogP contribution in [0.25, 0.3) is 22.4 Å². The fraction of sp³-hybridized carbons (Fsp3) is 0.222. The van der Waals surface area contributed by atoms with Crippen molar-refractivity contribution in [3.63, 3.8) is 0 Å². The zero-order valence-corrected chi connectivity index (χ0v) is 11.9. The summed E-state index contributed by atoms with van der Waals surface area (Å²) in [5.41, 5.74) is 5.13. The van der Waals surface area contributed by atoms with Crippen LogP contribution < -0.4 is 0 Å². The van der Waals surface area contributed by atoms with Gasteiger partial charge in [0.05, 0.1) is 0 Å². The molecule has 1 heteroatoms. The molecule has 0 spiro atoms. The van der Waals surface area contributed by atoms with Crippen LogP contribution in [0.1, 0.15) is 23.6 Å². The van der Waals surface area contributed by atoms with Crippen molar-refractivity contribution in [2.24, 2.45) is 0 Å². The van der Waals surface area contributed by atoms with E-state index in [9.17, 15) is 0 Å². The van der Waals surface area contributed by atoms with Crippen LogP contribution in [0.3, 0.4) is 0 Å². The topological polar surface area (TPSA) is 9.23 Å². The molecule has 2 aromatic rings. The molecule has 1 aliphatic carbocycles. The number of methoxy groups -OCH3 is 1. The van der Waals surface area contributed by atoms with E-state index in [1.54, 1.807) is 14.2 Å². The van der Waals surface area contributed by atoms with Crippen LogP contribution in [0.15, 0.2) is 43.0 Å². The highest BCUT2D eigenvalue weighted by atomic mass is 16.4. The van der Waals surface area contributed by atoms with Crippen LogP contribution in [-0.2, 0) is 11.2 Å². The third-order valence-electron chi connectivity index (χ3n) is 3.22. The molecule has 0 unspecified atom stereocenters. The standard InChI is InChI=1S/C16H14.C2H6O/c1-11(2)15-9-13-7-3-5-12-6-4-8-14(10-15)16(12)13;1-3-2/h3-5,7-10H,1,6H2,2H3;1-2H3. The lowest BCUT2D eigenvalue weighted by Gasteiger charge is -2.14. The highest BCUT2D eigenvalue weighted by Gasteiger charge is 2.09. The molecule has 0 atom stereocenters. The molecule has 0 fully saturated rings. The van der Waals surface area contributed by atoms with E-state index in [-0.39, 0.29) is 0 Å². The van der Waals surface area contributed by atoms with Crippen LogP contribution in [0.4, 0.5) is 0 Å². The fourth-order valence-corrected chi connectivity index (χ4v) is 2.40. The van der Waals surface area contributed by atoms with Crippen molar-refractivity contribution in [2.75, 3.05) is 14.2 Å². The molecule has 0 saturated carbocycles. The van der Waals surface area contributed by atoms with Crippen molar-refractivity contribution in [2.45, 2.75) is 13.3 Å². The van der Waals surface area contributed by atoms with E-state index in [4.69, 9.17) is 0 Å². The molecular formula is C18H20O. The summed E-state index contributed by atoms with van der Waals surface area (Å²) in [4.78, 5) is 0. The number of benzene rings is 2. The van der Waals surface area contributed by atoms with Crippen LogP contribution in [0.2, 0.25) is 0 Å². The van der Waals surface area contributed by atoms with Crippen molar-refractivity contribution in [3.8, 4) is 0 Å². The van der Waals surface area contributed by atoms with E-state index >= 15 is 0 Å². The molecule has 0 heterocycles. The van der Waals surface area contributed by atoms with Gasteiger partial charge < -0.3 is 4.74 Å². The van der Waals surface area contributed by atoms with Gasteiger partial charge in [0.15, 0.2) is 0 Å². The van der Waals surface area contributed by atoms with E-state index in [2.05, 4.69) is 60.7 Å². The molecule has 3 rings (SSSR count). The van der Waals surface area contributed by atoms with Gasteiger partial charge >= 0.3 is 0 Å². The molecule has 0 saturated heterocycles. The second-order valence-electron chi connectivity index (χ2n) is 4.88. The number of hydrogen-bond acceptors (Lipinski definition) is 1. The predicted molar refractivity (Wildman–Crippen MR) is 84.3 cm³/mol. The molecule has 0 aliphatic heterocycles. The van der Waals surface area contributed by atoms with Crippen LogP contribution in [-0.4, -0.2) is 14.2 Å². The predicted octanol–water partition coefficient (Wildman–Crippen LogP) is 4.70. The van der Waals surface area contributed by atoms with Crippen LogP contribution >= 0.6 is 0 Å². The lowest BCUT2D eigenvalue weighted by molar-refractivity contribution is 0.277.